The molecule has 0 aliphatic carbocycles. The fourth-order valence-electron chi connectivity index (χ4n) is 2.01. The number of aromatic nitrogens is 1. The molecular formula is C13H9NO3S2. The van der Waals surface area contributed by atoms with Crippen molar-refractivity contribution in [3.8, 4) is 11.1 Å². The number of rotatable bonds is 2. The van der Waals surface area contributed by atoms with Gasteiger partial charge in [-0.25, -0.2) is 4.79 Å². The zero-order chi connectivity index (χ0) is 13.4. The van der Waals surface area contributed by atoms with Gasteiger partial charge in [0.2, 0.25) is 0 Å². The third kappa shape index (κ3) is 1.89. The van der Waals surface area contributed by atoms with Crippen LogP contribution in [0.5, 0.6) is 0 Å². The van der Waals surface area contributed by atoms with Crippen LogP contribution in [0.3, 0.4) is 0 Å². The van der Waals surface area contributed by atoms with Crippen molar-refractivity contribution in [1.29, 1.82) is 0 Å². The highest BCUT2D eigenvalue weighted by Crippen LogP contribution is 2.33. The molecule has 96 valence electrons. The van der Waals surface area contributed by atoms with E-state index >= 15 is 0 Å². The van der Waals surface area contributed by atoms with E-state index in [-0.39, 0.29) is 11.3 Å². The smallest absolute Gasteiger partial charge is 0.355 e. The largest absolute Gasteiger partial charge is 0.464 e. The molecule has 4 nitrogen and oxygen atoms in total. The fraction of sp³-hybridized carbons (Fsp3) is 0.0769. The van der Waals surface area contributed by atoms with Gasteiger partial charge in [-0.15, -0.1) is 11.3 Å². The summed E-state index contributed by atoms with van der Waals surface area (Å²) in [7, 11) is 1.30. The summed E-state index contributed by atoms with van der Waals surface area (Å²) in [4.78, 5) is 26.4. The molecule has 6 heteroatoms. The number of carbonyl (C=O) groups excluding carboxylic acids is 1. The van der Waals surface area contributed by atoms with Crippen molar-refractivity contribution in [2.45, 2.75) is 0 Å². The maximum atomic E-state index is 12.0. The van der Waals surface area contributed by atoms with E-state index in [1.807, 2.05) is 28.3 Å². The molecule has 19 heavy (non-hydrogen) atoms. The third-order valence-electron chi connectivity index (χ3n) is 2.83. The lowest BCUT2D eigenvalue weighted by molar-refractivity contribution is 0.0595. The molecule has 0 unspecified atom stereocenters. The minimum Gasteiger partial charge on any atom is -0.464 e. The zero-order valence-electron chi connectivity index (χ0n) is 9.93. The maximum absolute atomic E-state index is 12.0. The first-order chi connectivity index (χ1) is 9.22. The molecule has 0 saturated carbocycles. The standard InChI is InChI=1S/C13H9NO3S2/c1-17-13(16)10-9(7-2-4-18-6-7)8-3-5-19-11(8)12(15)14-10/h2-6H,1H3,(H,14,15). The molecule has 0 atom stereocenters. The van der Waals surface area contributed by atoms with Gasteiger partial charge in [-0.1, -0.05) is 0 Å². The van der Waals surface area contributed by atoms with Crippen molar-refractivity contribution in [1.82, 2.24) is 4.98 Å². The van der Waals surface area contributed by atoms with Gasteiger partial charge in [0.15, 0.2) is 0 Å². The molecule has 3 heterocycles. The Balaban J connectivity index is 2.44. The van der Waals surface area contributed by atoms with Crippen molar-refractivity contribution in [2.24, 2.45) is 0 Å². The minimum absolute atomic E-state index is 0.205. The average molecular weight is 291 g/mol. The quantitative estimate of drug-likeness (QED) is 0.738. The lowest BCUT2D eigenvalue weighted by atomic mass is 10.0. The van der Waals surface area contributed by atoms with Gasteiger partial charge in [-0.05, 0) is 33.8 Å². The summed E-state index contributed by atoms with van der Waals surface area (Å²) in [6.45, 7) is 0. The zero-order valence-corrected chi connectivity index (χ0v) is 11.6. The van der Waals surface area contributed by atoms with Gasteiger partial charge in [0.1, 0.15) is 10.4 Å². The van der Waals surface area contributed by atoms with Gasteiger partial charge < -0.3 is 9.72 Å². The SMILES string of the molecule is COC(=O)c1[nH]c(=O)c2sccc2c1-c1ccsc1. The number of esters is 1. The Morgan fingerprint density at radius 1 is 1.32 bits per heavy atom. The average Bonchev–Trinajstić information content (AvgIpc) is 3.08. The van der Waals surface area contributed by atoms with Crippen LogP contribution in [-0.4, -0.2) is 18.1 Å². The summed E-state index contributed by atoms with van der Waals surface area (Å²) in [5.74, 6) is -0.536. The Morgan fingerprint density at radius 3 is 2.84 bits per heavy atom. The van der Waals surface area contributed by atoms with Crippen molar-refractivity contribution in [3.63, 3.8) is 0 Å². The first-order valence-corrected chi connectivity index (χ1v) is 7.29. The van der Waals surface area contributed by atoms with Crippen LogP contribution in [0.1, 0.15) is 10.5 Å². The minimum atomic E-state index is -0.536. The van der Waals surface area contributed by atoms with E-state index in [1.54, 1.807) is 0 Å². The Hall–Kier alpha value is -1.92. The van der Waals surface area contributed by atoms with Crippen LogP contribution in [0.2, 0.25) is 0 Å². The molecule has 0 saturated heterocycles. The first kappa shape index (κ1) is 12.1. The number of thiophene rings is 2. The van der Waals surface area contributed by atoms with Gasteiger partial charge in [-0.3, -0.25) is 4.79 Å². The molecule has 0 aliphatic heterocycles. The number of aromatic amines is 1. The second-order valence-electron chi connectivity index (χ2n) is 3.87. The number of nitrogens with one attached hydrogen (secondary N) is 1. The molecule has 0 aromatic carbocycles. The van der Waals surface area contributed by atoms with Gasteiger partial charge in [0, 0.05) is 10.9 Å². The van der Waals surface area contributed by atoms with Crippen LogP contribution in [0, 0.1) is 0 Å². The summed E-state index contributed by atoms with van der Waals surface area (Å²) >= 11 is 2.90. The molecule has 1 N–H and O–H groups in total. The number of carbonyl (C=O) groups is 1. The molecule has 0 fully saturated rings. The van der Waals surface area contributed by atoms with Crippen LogP contribution in [-0.2, 0) is 4.74 Å². The van der Waals surface area contributed by atoms with Crippen molar-refractivity contribution in [2.75, 3.05) is 7.11 Å². The molecular weight excluding hydrogens is 282 g/mol. The number of fused-ring (bicyclic) bond motifs is 1. The summed E-state index contributed by atoms with van der Waals surface area (Å²) in [6.07, 6.45) is 0. The highest BCUT2D eigenvalue weighted by molar-refractivity contribution is 7.17. The fourth-order valence-corrected chi connectivity index (χ4v) is 3.45. The van der Waals surface area contributed by atoms with Crippen LogP contribution in [0.4, 0.5) is 0 Å². The maximum Gasteiger partial charge on any atom is 0.355 e. The monoisotopic (exact) mass is 291 g/mol. The second kappa shape index (κ2) is 4.64. The molecule has 3 rings (SSSR count). The van der Waals surface area contributed by atoms with Crippen LogP contribution in [0.15, 0.2) is 33.1 Å². The Morgan fingerprint density at radius 2 is 2.16 bits per heavy atom. The van der Waals surface area contributed by atoms with Crippen molar-refractivity contribution >= 4 is 38.7 Å². The van der Waals surface area contributed by atoms with E-state index in [0.29, 0.717) is 4.70 Å². The van der Waals surface area contributed by atoms with E-state index in [0.717, 1.165) is 16.5 Å². The summed E-state index contributed by atoms with van der Waals surface area (Å²) < 4.78 is 5.37. The predicted molar refractivity (Wildman–Crippen MR) is 77.1 cm³/mol. The van der Waals surface area contributed by atoms with Gasteiger partial charge in [0.25, 0.3) is 5.56 Å². The molecule has 0 radical (unpaired) electrons. The molecule has 0 bridgehead atoms. The highest BCUT2D eigenvalue weighted by Gasteiger charge is 2.20. The lowest BCUT2D eigenvalue weighted by Crippen LogP contribution is -2.15. The second-order valence-corrected chi connectivity index (χ2v) is 5.57. The Labute approximate surface area is 116 Å². The molecule has 3 aromatic heterocycles. The third-order valence-corrected chi connectivity index (χ3v) is 4.43. The normalized spacial score (nSPS) is 10.8. The number of ether oxygens (including phenoxy) is 1. The van der Waals surface area contributed by atoms with E-state index < -0.39 is 5.97 Å². The van der Waals surface area contributed by atoms with Crippen LogP contribution in [0.25, 0.3) is 21.2 Å². The van der Waals surface area contributed by atoms with Crippen LogP contribution >= 0.6 is 22.7 Å². The Bertz CT molecular complexity index is 799. The summed E-state index contributed by atoms with van der Waals surface area (Å²) in [5, 5.41) is 6.50. The van der Waals surface area contributed by atoms with E-state index in [2.05, 4.69) is 4.98 Å². The van der Waals surface area contributed by atoms with E-state index in [9.17, 15) is 9.59 Å². The molecule has 0 spiro atoms. The van der Waals surface area contributed by atoms with Crippen molar-refractivity contribution < 1.29 is 9.53 Å². The Kier molecular flexibility index (Phi) is 2.96. The molecule has 0 amide bonds. The number of H-pyrrole nitrogens is 1. The summed E-state index contributed by atoms with van der Waals surface area (Å²) in [6, 6.07) is 3.77. The van der Waals surface area contributed by atoms with E-state index in [4.69, 9.17) is 4.74 Å². The number of hydrogen-bond donors (Lipinski definition) is 1. The number of pyridine rings is 1. The van der Waals surface area contributed by atoms with Gasteiger partial charge in [0.05, 0.1) is 7.11 Å². The number of methoxy groups -OCH3 is 1. The molecule has 0 aliphatic rings. The summed E-state index contributed by atoms with van der Waals surface area (Å²) in [5.41, 5.74) is 1.58. The predicted octanol–water partition coefficient (Wildman–Crippen LogP) is 3.10. The molecule has 3 aromatic rings. The first-order valence-electron chi connectivity index (χ1n) is 5.46. The van der Waals surface area contributed by atoms with Gasteiger partial charge >= 0.3 is 5.97 Å². The van der Waals surface area contributed by atoms with Crippen LogP contribution < -0.4 is 5.56 Å². The lowest BCUT2D eigenvalue weighted by Gasteiger charge is -2.07. The number of hydrogen-bond acceptors (Lipinski definition) is 5. The highest BCUT2D eigenvalue weighted by atomic mass is 32.1. The van der Waals surface area contributed by atoms with E-state index in [1.165, 1.54) is 29.8 Å². The topological polar surface area (TPSA) is 59.2 Å². The van der Waals surface area contributed by atoms with Crippen molar-refractivity contribution in [3.05, 3.63) is 44.3 Å². The van der Waals surface area contributed by atoms with Gasteiger partial charge in [-0.2, -0.15) is 11.3 Å².